The van der Waals surface area contributed by atoms with Gasteiger partial charge in [0.25, 0.3) is 0 Å². The monoisotopic (exact) mass is 329 g/mol. The molecule has 2 rings (SSSR count). The number of nitrogens with one attached hydrogen (secondary N) is 1. The lowest BCUT2D eigenvalue weighted by atomic mass is 10.1. The van der Waals surface area contributed by atoms with Gasteiger partial charge in [-0.05, 0) is 35.4 Å². The Labute approximate surface area is 142 Å². The number of ether oxygens (including phenoxy) is 2. The molecule has 0 heterocycles. The highest BCUT2D eigenvalue weighted by atomic mass is 16.5. The molecular weight excluding hydrogens is 306 g/mol. The zero-order chi connectivity index (χ0) is 17.2. The van der Waals surface area contributed by atoms with Crippen LogP contribution in [0.25, 0.3) is 0 Å². The highest BCUT2D eigenvalue weighted by molar-refractivity contribution is 5.87. The lowest BCUT2D eigenvalue weighted by molar-refractivity contribution is 0.0696. The molecule has 128 valence electrons. The van der Waals surface area contributed by atoms with Crippen molar-refractivity contribution in [2.24, 2.45) is 0 Å². The van der Waals surface area contributed by atoms with Crippen LogP contribution >= 0.6 is 0 Å². The fraction of sp³-hybridized carbons (Fsp3) is 0.316. The predicted molar refractivity (Wildman–Crippen MR) is 92.4 cm³/mol. The summed E-state index contributed by atoms with van der Waals surface area (Å²) in [5.74, 6) is -0.0537. The first-order valence-electron chi connectivity index (χ1n) is 7.92. The number of carbonyl (C=O) groups is 1. The number of carboxylic acid groups (broad SMARTS) is 1. The minimum absolute atomic E-state index is 0.310. The second kappa shape index (κ2) is 9.70. The first kappa shape index (κ1) is 18.0. The van der Waals surface area contributed by atoms with Gasteiger partial charge in [0.15, 0.2) is 0 Å². The molecule has 0 atom stereocenters. The van der Waals surface area contributed by atoms with Crippen molar-refractivity contribution in [3.8, 4) is 5.75 Å². The van der Waals surface area contributed by atoms with E-state index in [1.54, 1.807) is 25.3 Å². The number of methoxy groups -OCH3 is 1. The summed E-state index contributed by atoms with van der Waals surface area (Å²) < 4.78 is 10.6. The molecule has 0 aliphatic carbocycles. The molecule has 0 fully saturated rings. The number of aromatic carboxylic acids is 1. The quantitative estimate of drug-likeness (QED) is 0.656. The molecule has 0 bridgehead atoms. The van der Waals surface area contributed by atoms with Gasteiger partial charge in [0, 0.05) is 33.2 Å². The molecule has 0 radical (unpaired) electrons. The molecule has 24 heavy (non-hydrogen) atoms. The number of hydrogen-bond acceptors (Lipinski definition) is 4. The van der Waals surface area contributed by atoms with Gasteiger partial charge in [-0.3, -0.25) is 0 Å². The van der Waals surface area contributed by atoms with E-state index in [0.29, 0.717) is 31.9 Å². The topological polar surface area (TPSA) is 67.8 Å². The fourth-order valence-corrected chi connectivity index (χ4v) is 2.26. The molecule has 0 aliphatic heterocycles. The summed E-state index contributed by atoms with van der Waals surface area (Å²) in [6, 6.07) is 14.9. The van der Waals surface area contributed by atoms with Gasteiger partial charge in [-0.2, -0.15) is 0 Å². The molecule has 0 aliphatic rings. The van der Waals surface area contributed by atoms with Crippen LogP contribution in [0.5, 0.6) is 5.75 Å². The van der Waals surface area contributed by atoms with Crippen LogP contribution in [0.2, 0.25) is 0 Å². The van der Waals surface area contributed by atoms with E-state index in [1.807, 2.05) is 30.3 Å². The first-order chi connectivity index (χ1) is 11.7. The second-order valence-electron chi connectivity index (χ2n) is 5.45. The number of benzene rings is 2. The van der Waals surface area contributed by atoms with E-state index in [2.05, 4.69) is 5.32 Å². The average molecular weight is 329 g/mol. The minimum Gasteiger partial charge on any atom is -0.494 e. The molecule has 0 aromatic heterocycles. The highest BCUT2D eigenvalue weighted by Gasteiger charge is 2.03. The number of rotatable bonds is 10. The van der Waals surface area contributed by atoms with Crippen LogP contribution in [-0.4, -0.2) is 31.4 Å². The molecule has 2 N–H and O–H groups in total. The first-order valence-corrected chi connectivity index (χ1v) is 7.92. The summed E-state index contributed by atoms with van der Waals surface area (Å²) in [7, 11) is 1.68. The zero-order valence-electron chi connectivity index (χ0n) is 13.8. The molecule has 0 amide bonds. The smallest absolute Gasteiger partial charge is 0.335 e. The molecule has 5 heteroatoms. The summed E-state index contributed by atoms with van der Waals surface area (Å²) in [4.78, 5) is 11.0. The fourth-order valence-electron chi connectivity index (χ4n) is 2.26. The molecule has 0 spiro atoms. The number of hydrogen-bond donors (Lipinski definition) is 2. The highest BCUT2D eigenvalue weighted by Crippen LogP contribution is 2.13. The maximum Gasteiger partial charge on any atom is 0.335 e. The van der Waals surface area contributed by atoms with E-state index < -0.39 is 5.97 Å². The van der Waals surface area contributed by atoms with Crippen molar-refractivity contribution in [1.29, 1.82) is 0 Å². The van der Waals surface area contributed by atoms with Crippen molar-refractivity contribution >= 4 is 5.97 Å². The maximum atomic E-state index is 11.0. The molecule has 2 aromatic rings. The van der Waals surface area contributed by atoms with Gasteiger partial charge in [-0.1, -0.05) is 24.3 Å². The van der Waals surface area contributed by atoms with Crippen molar-refractivity contribution in [2.75, 3.05) is 20.3 Å². The summed E-state index contributed by atoms with van der Waals surface area (Å²) in [5.41, 5.74) is 2.41. The second-order valence-corrected chi connectivity index (χ2v) is 5.45. The van der Waals surface area contributed by atoms with Gasteiger partial charge >= 0.3 is 5.97 Å². The Hall–Kier alpha value is -2.37. The Kier molecular flexibility index (Phi) is 7.26. The third kappa shape index (κ3) is 6.02. The van der Waals surface area contributed by atoms with Crippen molar-refractivity contribution in [1.82, 2.24) is 5.32 Å². The van der Waals surface area contributed by atoms with Crippen molar-refractivity contribution in [3.63, 3.8) is 0 Å². The standard InChI is InChI=1S/C19H23NO4/c1-23-10-3-11-24-18-8-6-15(7-9-18)13-20-14-16-4-2-5-17(12-16)19(21)22/h2,4-9,12,20H,3,10-11,13-14H2,1H3,(H,21,22). The van der Waals surface area contributed by atoms with Gasteiger partial charge in [0.2, 0.25) is 0 Å². The van der Waals surface area contributed by atoms with Gasteiger partial charge in [0.05, 0.1) is 12.2 Å². The van der Waals surface area contributed by atoms with E-state index in [1.165, 1.54) is 0 Å². The van der Waals surface area contributed by atoms with Crippen LogP contribution in [0.15, 0.2) is 48.5 Å². The van der Waals surface area contributed by atoms with E-state index in [-0.39, 0.29) is 0 Å². The van der Waals surface area contributed by atoms with Gasteiger partial charge in [-0.25, -0.2) is 4.79 Å². The Morgan fingerprint density at radius 3 is 2.50 bits per heavy atom. The van der Waals surface area contributed by atoms with E-state index in [4.69, 9.17) is 14.6 Å². The van der Waals surface area contributed by atoms with Crippen LogP contribution in [-0.2, 0) is 17.8 Å². The Morgan fingerprint density at radius 2 is 1.79 bits per heavy atom. The summed E-state index contributed by atoms with van der Waals surface area (Å²) >= 11 is 0. The Morgan fingerprint density at radius 1 is 1.04 bits per heavy atom. The van der Waals surface area contributed by atoms with E-state index in [9.17, 15) is 4.79 Å². The summed E-state index contributed by atoms with van der Waals surface area (Å²) in [6.45, 7) is 2.67. The molecule has 5 nitrogen and oxygen atoms in total. The van der Waals surface area contributed by atoms with Crippen LogP contribution in [0.4, 0.5) is 0 Å². The van der Waals surface area contributed by atoms with Crippen molar-refractivity contribution in [2.45, 2.75) is 19.5 Å². The maximum absolute atomic E-state index is 11.0. The van der Waals surface area contributed by atoms with Crippen LogP contribution in [0.3, 0.4) is 0 Å². The molecule has 2 aromatic carbocycles. The van der Waals surface area contributed by atoms with Gasteiger partial charge in [0.1, 0.15) is 5.75 Å². The minimum atomic E-state index is -0.905. The van der Waals surface area contributed by atoms with Crippen molar-refractivity contribution < 1.29 is 19.4 Å². The zero-order valence-corrected chi connectivity index (χ0v) is 13.8. The lowest BCUT2D eigenvalue weighted by Gasteiger charge is -2.08. The third-order valence-corrected chi connectivity index (χ3v) is 3.52. The van der Waals surface area contributed by atoms with Crippen LogP contribution < -0.4 is 10.1 Å². The van der Waals surface area contributed by atoms with E-state index >= 15 is 0 Å². The van der Waals surface area contributed by atoms with Crippen LogP contribution in [0, 0.1) is 0 Å². The molecular formula is C19H23NO4. The number of carboxylic acids is 1. The SMILES string of the molecule is COCCCOc1ccc(CNCc2cccc(C(=O)O)c2)cc1. The molecule has 0 saturated carbocycles. The third-order valence-electron chi connectivity index (χ3n) is 3.52. The Balaban J connectivity index is 1.76. The van der Waals surface area contributed by atoms with Crippen molar-refractivity contribution in [3.05, 3.63) is 65.2 Å². The largest absolute Gasteiger partial charge is 0.494 e. The lowest BCUT2D eigenvalue weighted by Crippen LogP contribution is -2.13. The van der Waals surface area contributed by atoms with Gasteiger partial charge < -0.3 is 19.9 Å². The summed E-state index contributed by atoms with van der Waals surface area (Å²) in [6.07, 6.45) is 0.870. The predicted octanol–water partition coefficient (Wildman–Crippen LogP) is 3.09. The van der Waals surface area contributed by atoms with E-state index in [0.717, 1.165) is 23.3 Å². The van der Waals surface area contributed by atoms with Gasteiger partial charge in [-0.15, -0.1) is 0 Å². The Bertz CT molecular complexity index is 640. The molecule has 0 saturated heterocycles. The normalized spacial score (nSPS) is 10.5. The average Bonchev–Trinajstić information content (AvgIpc) is 2.60. The summed E-state index contributed by atoms with van der Waals surface area (Å²) in [5, 5.41) is 12.3. The van der Waals surface area contributed by atoms with Crippen LogP contribution in [0.1, 0.15) is 27.9 Å². The molecule has 0 unspecified atom stereocenters.